The molecule has 7 aromatic carbocycles. The van der Waals surface area contributed by atoms with E-state index in [1.807, 2.05) is 0 Å². The summed E-state index contributed by atoms with van der Waals surface area (Å²) in [5.41, 5.74) is 17.7. The molecule has 2 heteroatoms. The molecule has 0 unspecified atom stereocenters. The fraction of sp³-hybridized carbons (Fsp3) is 0.208. The molecule has 1 heterocycles. The van der Waals surface area contributed by atoms with Crippen LogP contribution in [0, 0.1) is 0 Å². The van der Waals surface area contributed by atoms with E-state index in [0.29, 0.717) is 0 Å². The summed E-state index contributed by atoms with van der Waals surface area (Å²) in [5, 5.41) is 2.53. The average Bonchev–Trinajstić information content (AvgIpc) is 3.63. The number of nitrogens with zero attached hydrogens (tertiary/aromatic N) is 2. The maximum Gasteiger partial charge on any atom is 0.0541 e. The summed E-state index contributed by atoms with van der Waals surface area (Å²) in [6.07, 6.45) is 0. The molecule has 8 aromatic rings. The topological polar surface area (TPSA) is 8.17 Å². The van der Waals surface area contributed by atoms with Crippen LogP contribution >= 0.6 is 0 Å². The monoisotopic (exact) mass is 714 g/mol. The molecule has 0 radical (unpaired) electrons. The first-order chi connectivity index (χ1) is 26.3. The fourth-order valence-corrected chi connectivity index (χ4v) is 8.73. The van der Waals surface area contributed by atoms with Gasteiger partial charge in [0.25, 0.3) is 0 Å². The Hall–Kier alpha value is -5.86. The van der Waals surface area contributed by atoms with E-state index in [0.717, 1.165) is 11.4 Å². The lowest BCUT2D eigenvalue weighted by atomic mass is 9.82. The third-order valence-electron chi connectivity index (χ3n) is 11.9. The molecule has 0 amide bonds. The molecule has 2 nitrogen and oxygen atoms in total. The highest BCUT2D eigenvalue weighted by Gasteiger charge is 2.35. The lowest BCUT2D eigenvalue weighted by Gasteiger charge is -2.29. The first-order valence-corrected chi connectivity index (χ1v) is 19.7. The number of hydrogen-bond acceptors (Lipinski definition) is 1. The molecule has 0 fully saturated rings. The molecule has 0 saturated carbocycles. The number of hydrogen-bond donors (Lipinski definition) is 0. The van der Waals surface area contributed by atoms with Crippen LogP contribution < -0.4 is 4.90 Å². The maximum atomic E-state index is 2.42. The van der Waals surface area contributed by atoms with Crippen molar-refractivity contribution in [1.29, 1.82) is 0 Å². The van der Waals surface area contributed by atoms with Gasteiger partial charge in [-0.1, -0.05) is 146 Å². The summed E-state index contributed by atoms with van der Waals surface area (Å²) >= 11 is 0. The first kappa shape index (κ1) is 34.9. The van der Waals surface area contributed by atoms with Crippen LogP contribution in [0.15, 0.2) is 158 Å². The summed E-state index contributed by atoms with van der Waals surface area (Å²) in [5.74, 6) is 0. The van der Waals surface area contributed by atoms with E-state index in [-0.39, 0.29) is 16.2 Å². The Labute approximate surface area is 326 Å². The second-order valence-electron chi connectivity index (χ2n) is 18.0. The summed E-state index contributed by atoms with van der Waals surface area (Å²) in [6.45, 7) is 18.3. The molecular formula is C53H50N2. The molecule has 0 atom stereocenters. The van der Waals surface area contributed by atoms with Crippen molar-refractivity contribution in [3.8, 4) is 27.9 Å². The van der Waals surface area contributed by atoms with Gasteiger partial charge in [0, 0.05) is 38.9 Å². The van der Waals surface area contributed by atoms with E-state index in [4.69, 9.17) is 0 Å². The van der Waals surface area contributed by atoms with Crippen LogP contribution in [0.2, 0.25) is 0 Å². The van der Waals surface area contributed by atoms with Crippen molar-refractivity contribution in [1.82, 2.24) is 4.57 Å². The van der Waals surface area contributed by atoms with Gasteiger partial charge in [-0.25, -0.2) is 0 Å². The van der Waals surface area contributed by atoms with Crippen molar-refractivity contribution in [2.45, 2.75) is 71.6 Å². The summed E-state index contributed by atoms with van der Waals surface area (Å²) < 4.78 is 2.41. The van der Waals surface area contributed by atoms with Gasteiger partial charge in [-0.05, 0) is 122 Å². The lowest BCUT2D eigenvalue weighted by Crippen LogP contribution is -2.17. The molecule has 272 valence electrons. The maximum absolute atomic E-state index is 2.42. The lowest BCUT2D eigenvalue weighted by molar-refractivity contribution is 0.590. The molecule has 55 heavy (non-hydrogen) atoms. The quantitative estimate of drug-likeness (QED) is 0.172. The molecule has 1 aliphatic carbocycles. The predicted octanol–water partition coefficient (Wildman–Crippen LogP) is 14.8. The van der Waals surface area contributed by atoms with Gasteiger partial charge in [0.2, 0.25) is 0 Å². The molecule has 0 bridgehead atoms. The van der Waals surface area contributed by atoms with E-state index in [1.54, 1.807) is 0 Å². The van der Waals surface area contributed by atoms with E-state index in [1.165, 1.54) is 77.7 Å². The van der Waals surface area contributed by atoms with Crippen LogP contribution in [0.1, 0.15) is 77.6 Å². The second-order valence-corrected chi connectivity index (χ2v) is 18.0. The van der Waals surface area contributed by atoms with Gasteiger partial charge in [-0.3, -0.25) is 0 Å². The van der Waals surface area contributed by atoms with Gasteiger partial charge in [0.05, 0.1) is 11.0 Å². The molecule has 0 N–H and O–H groups in total. The summed E-state index contributed by atoms with van der Waals surface area (Å²) in [4.78, 5) is 2.41. The standard InChI is InChI=1S/C53H50N2/c1-51(2,3)37-20-26-40(27-21-37)54(42-30-31-44-43-13-9-11-15-47(43)53(7,8)48(44)34-42)39-24-17-35(18-25-39)36-19-32-50-46(33-36)45-14-10-12-16-49(45)55(50)41-28-22-38(23-29-41)52(4,5)6/h9-34H,1-8H3. The number of rotatable bonds is 5. The Morgan fingerprint density at radius 2 is 0.964 bits per heavy atom. The zero-order valence-electron chi connectivity index (χ0n) is 33.4. The molecule has 0 aliphatic heterocycles. The van der Waals surface area contributed by atoms with E-state index in [2.05, 4.69) is 223 Å². The van der Waals surface area contributed by atoms with Crippen LogP contribution in [-0.4, -0.2) is 4.57 Å². The Morgan fingerprint density at radius 3 is 1.64 bits per heavy atom. The molecule has 1 aliphatic rings. The Bertz CT molecular complexity index is 2710. The van der Waals surface area contributed by atoms with Crippen molar-refractivity contribution in [2.75, 3.05) is 4.90 Å². The number of para-hydroxylation sites is 1. The van der Waals surface area contributed by atoms with Crippen molar-refractivity contribution >= 4 is 38.9 Å². The van der Waals surface area contributed by atoms with Crippen LogP contribution in [-0.2, 0) is 16.2 Å². The van der Waals surface area contributed by atoms with Gasteiger partial charge in [0.15, 0.2) is 0 Å². The fourth-order valence-electron chi connectivity index (χ4n) is 8.73. The molecule has 9 rings (SSSR count). The Kier molecular flexibility index (Phi) is 7.99. The predicted molar refractivity (Wildman–Crippen MR) is 236 cm³/mol. The second kappa shape index (κ2) is 12.6. The first-order valence-electron chi connectivity index (χ1n) is 19.7. The highest BCUT2D eigenvalue weighted by atomic mass is 15.1. The summed E-state index contributed by atoms with van der Waals surface area (Å²) in [7, 11) is 0. The summed E-state index contributed by atoms with van der Waals surface area (Å²) in [6, 6.07) is 59.0. The highest BCUT2D eigenvalue weighted by molar-refractivity contribution is 6.10. The Morgan fingerprint density at radius 1 is 0.436 bits per heavy atom. The highest BCUT2D eigenvalue weighted by Crippen LogP contribution is 2.50. The number of anilines is 3. The normalized spacial score (nSPS) is 13.6. The third kappa shape index (κ3) is 5.87. The van der Waals surface area contributed by atoms with Crippen molar-refractivity contribution < 1.29 is 0 Å². The molecular weight excluding hydrogens is 665 g/mol. The number of aromatic nitrogens is 1. The largest absolute Gasteiger partial charge is 0.310 e. The van der Waals surface area contributed by atoms with Crippen LogP contribution in [0.3, 0.4) is 0 Å². The molecule has 0 spiro atoms. The SMILES string of the molecule is CC(C)(C)c1ccc(N(c2ccc(-c3ccc4c(c3)c3ccccc3n4-c3ccc(C(C)(C)C)cc3)cc2)c2ccc3c(c2)C(C)(C)c2ccccc2-3)cc1. The third-order valence-corrected chi connectivity index (χ3v) is 11.9. The van der Waals surface area contributed by atoms with Crippen molar-refractivity contribution in [2.24, 2.45) is 0 Å². The van der Waals surface area contributed by atoms with Crippen molar-refractivity contribution in [3.05, 3.63) is 180 Å². The van der Waals surface area contributed by atoms with E-state index in [9.17, 15) is 0 Å². The zero-order chi connectivity index (χ0) is 38.3. The van der Waals surface area contributed by atoms with Gasteiger partial charge in [-0.15, -0.1) is 0 Å². The van der Waals surface area contributed by atoms with E-state index < -0.39 is 0 Å². The number of benzene rings is 7. The van der Waals surface area contributed by atoms with Crippen LogP contribution in [0.5, 0.6) is 0 Å². The van der Waals surface area contributed by atoms with Crippen LogP contribution in [0.4, 0.5) is 17.1 Å². The molecule has 1 aromatic heterocycles. The smallest absolute Gasteiger partial charge is 0.0541 e. The Balaban J connectivity index is 1.12. The zero-order valence-corrected chi connectivity index (χ0v) is 33.4. The minimum Gasteiger partial charge on any atom is -0.310 e. The minimum atomic E-state index is -0.0782. The van der Waals surface area contributed by atoms with Gasteiger partial charge in [-0.2, -0.15) is 0 Å². The van der Waals surface area contributed by atoms with Gasteiger partial charge < -0.3 is 9.47 Å². The van der Waals surface area contributed by atoms with Crippen molar-refractivity contribution in [3.63, 3.8) is 0 Å². The van der Waals surface area contributed by atoms with Gasteiger partial charge >= 0.3 is 0 Å². The number of fused-ring (bicyclic) bond motifs is 6. The van der Waals surface area contributed by atoms with Crippen LogP contribution in [0.25, 0.3) is 49.7 Å². The van der Waals surface area contributed by atoms with Gasteiger partial charge in [0.1, 0.15) is 0 Å². The molecule has 0 saturated heterocycles. The average molecular weight is 715 g/mol. The minimum absolute atomic E-state index is 0.0782. The van der Waals surface area contributed by atoms with E-state index >= 15 is 0 Å².